The van der Waals surface area contributed by atoms with Crippen molar-refractivity contribution in [3.05, 3.63) is 44.8 Å². The summed E-state index contributed by atoms with van der Waals surface area (Å²) >= 11 is 3.00. The third kappa shape index (κ3) is 2.02. The SMILES string of the molecule is CN1C(=O)[C@H]2[C@@H](C1=O)N1[C@H](c3cccs3)[C@H]3C(=O)N(C)C(=O)[C@H]3N1[C@H]2c1cccs1. The Kier molecular flexibility index (Phi) is 3.72. The predicted octanol–water partition coefficient (Wildman–Crippen LogP) is 1.10. The Morgan fingerprint density at radius 2 is 1.03 bits per heavy atom. The van der Waals surface area contributed by atoms with Crippen molar-refractivity contribution in [3.8, 4) is 0 Å². The second-order valence-corrected chi connectivity index (χ2v) is 10.1. The van der Waals surface area contributed by atoms with Gasteiger partial charge in [-0.2, -0.15) is 0 Å². The van der Waals surface area contributed by atoms with E-state index >= 15 is 0 Å². The fraction of sp³-hybridized carbons (Fsp3) is 0.400. The first-order chi connectivity index (χ1) is 14.4. The van der Waals surface area contributed by atoms with Crippen molar-refractivity contribution in [1.29, 1.82) is 0 Å². The first-order valence-corrected chi connectivity index (χ1v) is 11.5. The molecule has 0 aliphatic carbocycles. The van der Waals surface area contributed by atoms with Gasteiger partial charge in [-0.15, -0.1) is 22.7 Å². The van der Waals surface area contributed by atoms with Gasteiger partial charge in [0.2, 0.25) is 23.6 Å². The molecule has 30 heavy (non-hydrogen) atoms. The number of fused-ring (bicyclic) bond motifs is 5. The number of hydrogen-bond acceptors (Lipinski definition) is 8. The zero-order valence-electron chi connectivity index (χ0n) is 16.2. The van der Waals surface area contributed by atoms with Gasteiger partial charge in [0.05, 0.1) is 23.9 Å². The van der Waals surface area contributed by atoms with Crippen LogP contribution < -0.4 is 0 Å². The highest BCUT2D eigenvalue weighted by Gasteiger charge is 2.73. The quantitative estimate of drug-likeness (QED) is 0.648. The monoisotopic (exact) mass is 442 g/mol. The summed E-state index contributed by atoms with van der Waals surface area (Å²) in [4.78, 5) is 56.8. The number of amides is 4. The molecule has 4 aliphatic rings. The average Bonchev–Trinajstić information content (AvgIpc) is 3.54. The Labute approximate surface area is 180 Å². The lowest BCUT2D eigenvalue weighted by Crippen LogP contribution is -2.48. The van der Waals surface area contributed by atoms with Crippen LogP contribution in [0.2, 0.25) is 0 Å². The summed E-state index contributed by atoms with van der Waals surface area (Å²) < 4.78 is 0. The first-order valence-electron chi connectivity index (χ1n) is 9.69. The van der Waals surface area contributed by atoms with Crippen LogP contribution in [0.4, 0.5) is 0 Å². The van der Waals surface area contributed by atoms with E-state index in [4.69, 9.17) is 0 Å². The molecule has 0 unspecified atom stereocenters. The lowest BCUT2D eigenvalue weighted by atomic mass is 9.88. The van der Waals surface area contributed by atoms with Crippen molar-refractivity contribution in [2.75, 3.05) is 14.1 Å². The summed E-state index contributed by atoms with van der Waals surface area (Å²) in [6.07, 6.45) is 0. The van der Waals surface area contributed by atoms with Crippen molar-refractivity contribution >= 4 is 46.3 Å². The van der Waals surface area contributed by atoms with Crippen LogP contribution in [-0.2, 0) is 19.2 Å². The van der Waals surface area contributed by atoms with E-state index in [1.54, 1.807) is 0 Å². The largest absolute Gasteiger partial charge is 0.284 e. The maximum Gasteiger partial charge on any atom is 0.248 e. The third-order valence-corrected chi connectivity index (χ3v) is 8.72. The topological polar surface area (TPSA) is 81.2 Å². The number of nitrogens with zero attached hydrogens (tertiary/aromatic N) is 4. The summed E-state index contributed by atoms with van der Waals surface area (Å²) in [5, 5.41) is 7.64. The molecule has 0 spiro atoms. The molecular weight excluding hydrogens is 424 g/mol. The Morgan fingerprint density at radius 1 is 0.633 bits per heavy atom. The Hall–Kier alpha value is -2.40. The van der Waals surface area contributed by atoms with Gasteiger partial charge in [0.1, 0.15) is 12.1 Å². The molecule has 0 aromatic carbocycles. The number of carbonyl (C=O) groups excluding carboxylic acids is 4. The van der Waals surface area contributed by atoms with E-state index in [9.17, 15) is 19.2 Å². The zero-order valence-corrected chi connectivity index (χ0v) is 17.8. The normalized spacial score (nSPS) is 36.2. The van der Waals surface area contributed by atoms with Crippen molar-refractivity contribution < 1.29 is 19.2 Å². The van der Waals surface area contributed by atoms with E-state index in [1.807, 2.05) is 45.0 Å². The van der Waals surface area contributed by atoms with Crippen molar-refractivity contribution in [3.63, 3.8) is 0 Å². The molecule has 2 aromatic rings. The number of hydrazine groups is 1. The minimum atomic E-state index is -0.710. The van der Waals surface area contributed by atoms with Gasteiger partial charge in [0, 0.05) is 23.8 Å². The molecule has 4 amide bonds. The van der Waals surface area contributed by atoms with E-state index in [1.165, 1.54) is 46.6 Å². The molecule has 8 nitrogen and oxygen atoms in total. The summed E-state index contributed by atoms with van der Waals surface area (Å²) in [7, 11) is 3.03. The number of rotatable bonds is 2. The van der Waals surface area contributed by atoms with Crippen molar-refractivity contribution in [2.24, 2.45) is 11.8 Å². The maximum atomic E-state index is 13.2. The number of carbonyl (C=O) groups is 4. The van der Waals surface area contributed by atoms with Gasteiger partial charge in [0.25, 0.3) is 0 Å². The van der Waals surface area contributed by atoms with Gasteiger partial charge in [0.15, 0.2) is 0 Å². The molecule has 0 saturated carbocycles. The molecule has 0 N–H and O–H groups in total. The Balaban J connectivity index is 1.59. The van der Waals surface area contributed by atoms with Gasteiger partial charge >= 0.3 is 0 Å². The van der Waals surface area contributed by atoms with Crippen molar-refractivity contribution in [1.82, 2.24) is 19.8 Å². The van der Waals surface area contributed by atoms with Crippen molar-refractivity contribution in [2.45, 2.75) is 24.2 Å². The average molecular weight is 443 g/mol. The molecule has 4 fully saturated rings. The van der Waals surface area contributed by atoms with E-state index in [0.717, 1.165) is 9.75 Å². The van der Waals surface area contributed by atoms with Crippen LogP contribution >= 0.6 is 22.7 Å². The Bertz CT molecular complexity index is 998. The van der Waals surface area contributed by atoms with Gasteiger partial charge in [-0.25, -0.2) is 10.0 Å². The maximum absolute atomic E-state index is 13.2. The number of likely N-dealkylation sites (N-methyl/N-ethyl adjacent to an activating group) is 2. The van der Waals surface area contributed by atoms with E-state index < -0.39 is 36.0 Å². The summed E-state index contributed by atoms with van der Waals surface area (Å²) in [5.41, 5.74) is 0. The molecular formula is C20H18N4O4S2. The minimum absolute atomic E-state index is 0.232. The number of likely N-dealkylation sites (tertiary alicyclic amines) is 2. The summed E-state index contributed by atoms with van der Waals surface area (Å²) in [5.74, 6) is -2.21. The molecule has 4 saturated heterocycles. The highest BCUT2D eigenvalue weighted by molar-refractivity contribution is 7.10. The van der Waals surface area contributed by atoms with Gasteiger partial charge < -0.3 is 0 Å². The second-order valence-electron chi connectivity index (χ2n) is 8.09. The number of thiophene rings is 2. The number of hydrogen-bond donors (Lipinski definition) is 0. The fourth-order valence-corrected chi connectivity index (χ4v) is 7.32. The van der Waals surface area contributed by atoms with Gasteiger partial charge in [-0.3, -0.25) is 29.0 Å². The van der Waals surface area contributed by atoms with Crippen LogP contribution in [0.25, 0.3) is 0 Å². The van der Waals surface area contributed by atoms with Gasteiger partial charge in [-0.1, -0.05) is 12.1 Å². The second kappa shape index (κ2) is 6.07. The predicted molar refractivity (Wildman–Crippen MR) is 108 cm³/mol. The lowest BCUT2D eigenvalue weighted by molar-refractivity contribution is -0.151. The third-order valence-electron chi connectivity index (χ3n) is 6.84. The fourth-order valence-electron chi connectivity index (χ4n) is 5.59. The molecule has 2 aromatic heterocycles. The van der Waals surface area contributed by atoms with Crippen LogP contribution in [0.5, 0.6) is 0 Å². The molecule has 10 heteroatoms. The minimum Gasteiger partial charge on any atom is -0.284 e. The molecule has 4 aliphatic heterocycles. The molecule has 6 heterocycles. The number of imide groups is 2. The van der Waals surface area contributed by atoms with Crippen LogP contribution in [0, 0.1) is 11.8 Å². The zero-order chi connectivity index (χ0) is 20.9. The van der Waals surface area contributed by atoms with E-state index in [2.05, 4.69) is 0 Å². The van der Waals surface area contributed by atoms with Crippen LogP contribution in [0.3, 0.4) is 0 Å². The van der Waals surface area contributed by atoms with E-state index in [0.29, 0.717) is 0 Å². The molecule has 6 rings (SSSR count). The van der Waals surface area contributed by atoms with Gasteiger partial charge in [-0.05, 0) is 22.9 Å². The van der Waals surface area contributed by atoms with Crippen LogP contribution in [0.1, 0.15) is 21.8 Å². The summed E-state index contributed by atoms with van der Waals surface area (Å²) in [6, 6.07) is 5.36. The standard InChI is InChI=1S/C20H18N4O4S2/c1-21-17(25)11-13(9-5-3-7-29-9)24-16-12(18(26)22(2)20(16)28)14(10-6-4-8-30-10)23(24)15(11)19(21)27/h3-8,11-16H,1-2H3/t11-,12-,13-,14+,15+,16+/m1/s1. The lowest BCUT2D eigenvalue weighted by Gasteiger charge is -2.34. The van der Waals surface area contributed by atoms with E-state index in [-0.39, 0.29) is 23.6 Å². The summed E-state index contributed by atoms with van der Waals surface area (Å²) in [6.45, 7) is 0. The highest BCUT2D eigenvalue weighted by Crippen LogP contribution is 2.59. The van der Waals surface area contributed by atoms with Crippen LogP contribution in [0.15, 0.2) is 35.0 Å². The first kappa shape index (κ1) is 18.4. The molecule has 154 valence electrons. The highest BCUT2D eigenvalue weighted by atomic mass is 32.1. The van der Waals surface area contributed by atoms with Crippen LogP contribution in [-0.4, -0.2) is 69.6 Å². The Morgan fingerprint density at radius 3 is 1.37 bits per heavy atom. The molecule has 6 atom stereocenters. The smallest absolute Gasteiger partial charge is 0.248 e. The molecule has 0 bridgehead atoms. The molecule has 0 radical (unpaired) electrons.